The first-order valence-electron chi connectivity index (χ1n) is 9.33. The van der Waals surface area contributed by atoms with Crippen molar-refractivity contribution < 1.29 is 4.42 Å². The summed E-state index contributed by atoms with van der Waals surface area (Å²) in [5, 5.41) is 13.5. The molecule has 0 aliphatic rings. The van der Waals surface area contributed by atoms with Crippen molar-refractivity contribution in [3.63, 3.8) is 0 Å². The predicted molar refractivity (Wildman–Crippen MR) is 110 cm³/mol. The van der Waals surface area contributed by atoms with Gasteiger partial charge in [0.25, 0.3) is 0 Å². The van der Waals surface area contributed by atoms with E-state index in [0.717, 1.165) is 49.8 Å². The fourth-order valence-corrected chi connectivity index (χ4v) is 3.58. The number of hydrogen-bond donors (Lipinski definition) is 2. The smallest absolute Gasteiger partial charge is 0.191 e. The molecule has 7 heteroatoms. The van der Waals surface area contributed by atoms with Crippen LogP contribution in [0.5, 0.6) is 0 Å². The number of aryl methyl sites for hydroxylation is 2. The van der Waals surface area contributed by atoms with Crippen molar-refractivity contribution >= 4 is 17.3 Å². The number of hydrogen-bond acceptors (Lipinski definition) is 4. The van der Waals surface area contributed by atoms with Gasteiger partial charge in [-0.15, -0.1) is 11.3 Å². The van der Waals surface area contributed by atoms with Crippen molar-refractivity contribution in [3.05, 3.63) is 64.0 Å². The highest BCUT2D eigenvalue weighted by atomic mass is 32.1. The van der Waals surface area contributed by atoms with Crippen LogP contribution in [0.15, 0.2) is 51.5 Å². The molecule has 0 bridgehead atoms. The van der Waals surface area contributed by atoms with E-state index in [2.05, 4.69) is 46.4 Å². The third-order valence-corrected chi connectivity index (χ3v) is 5.16. The lowest BCUT2D eigenvalue weighted by atomic mass is 10.2. The zero-order chi connectivity index (χ0) is 18.9. The van der Waals surface area contributed by atoms with E-state index in [4.69, 9.17) is 9.41 Å². The lowest BCUT2D eigenvalue weighted by Crippen LogP contribution is -2.39. The van der Waals surface area contributed by atoms with Crippen LogP contribution in [0.1, 0.15) is 28.8 Å². The van der Waals surface area contributed by atoms with Crippen LogP contribution in [0.4, 0.5) is 0 Å². The minimum Gasteiger partial charge on any atom is -0.469 e. The minimum atomic E-state index is 0.617. The molecule has 0 radical (unpaired) electrons. The van der Waals surface area contributed by atoms with E-state index in [-0.39, 0.29) is 0 Å². The maximum absolute atomic E-state index is 5.40. The van der Waals surface area contributed by atoms with Crippen molar-refractivity contribution in [2.45, 2.75) is 32.7 Å². The molecule has 0 aliphatic heterocycles. The molecular weight excluding hydrogens is 358 g/mol. The van der Waals surface area contributed by atoms with Gasteiger partial charge in [0.15, 0.2) is 5.96 Å². The van der Waals surface area contributed by atoms with Crippen LogP contribution in [-0.2, 0) is 32.9 Å². The van der Waals surface area contributed by atoms with E-state index >= 15 is 0 Å². The van der Waals surface area contributed by atoms with Gasteiger partial charge in [0, 0.05) is 43.2 Å². The number of thiophene rings is 1. The average molecular weight is 386 g/mol. The Balaban J connectivity index is 1.57. The summed E-state index contributed by atoms with van der Waals surface area (Å²) in [7, 11) is 1.95. The third-order valence-electron chi connectivity index (χ3n) is 4.22. The third kappa shape index (κ3) is 5.99. The molecule has 3 heterocycles. The van der Waals surface area contributed by atoms with Crippen LogP contribution >= 0.6 is 11.3 Å². The molecule has 0 aliphatic carbocycles. The summed E-state index contributed by atoms with van der Waals surface area (Å²) in [6.45, 7) is 4.36. The van der Waals surface area contributed by atoms with Crippen LogP contribution in [0, 0.1) is 0 Å². The molecule has 0 aromatic carbocycles. The van der Waals surface area contributed by atoms with Crippen LogP contribution < -0.4 is 10.6 Å². The summed E-state index contributed by atoms with van der Waals surface area (Å²) in [5.41, 5.74) is 2.28. The molecule has 27 heavy (non-hydrogen) atoms. The number of aliphatic imine (C=N–C) groups is 1. The van der Waals surface area contributed by atoms with Gasteiger partial charge in [0.1, 0.15) is 5.76 Å². The first-order valence-corrected chi connectivity index (χ1v) is 10.2. The number of rotatable bonds is 9. The van der Waals surface area contributed by atoms with Crippen LogP contribution in [0.2, 0.25) is 0 Å². The molecule has 2 N–H and O–H groups in total. The predicted octanol–water partition coefficient (Wildman–Crippen LogP) is 3.16. The Bertz CT molecular complexity index is 779. The minimum absolute atomic E-state index is 0.617. The number of aromatic nitrogens is 2. The lowest BCUT2D eigenvalue weighted by molar-refractivity contribution is 0.506. The highest BCUT2D eigenvalue weighted by Crippen LogP contribution is 2.09. The van der Waals surface area contributed by atoms with Crippen molar-refractivity contribution in [3.8, 4) is 0 Å². The van der Waals surface area contributed by atoms with Gasteiger partial charge in [-0.25, -0.2) is 4.99 Å². The number of nitrogens with one attached hydrogen (secondary N) is 2. The fraction of sp³-hybridized carbons (Fsp3) is 0.400. The van der Waals surface area contributed by atoms with Crippen molar-refractivity contribution in [1.82, 2.24) is 20.4 Å². The van der Waals surface area contributed by atoms with Crippen molar-refractivity contribution in [2.75, 3.05) is 13.1 Å². The van der Waals surface area contributed by atoms with Gasteiger partial charge in [-0.2, -0.15) is 5.10 Å². The van der Waals surface area contributed by atoms with Crippen molar-refractivity contribution in [2.24, 2.45) is 12.0 Å². The van der Waals surface area contributed by atoms with Gasteiger partial charge in [0.05, 0.1) is 18.5 Å². The quantitative estimate of drug-likeness (QED) is 0.439. The van der Waals surface area contributed by atoms with E-state index < -0.39 is 0 Å². The molecule has 3 rings (SSSR count). The summed E-state index contributed by atoms with van der Waals surface area (Å²) >= 11 is 1.78. The number of furan rings is 1. The zero-order valence-corrected chi connectivity index (χ0v) is 16.8. The van der Waals surface area contributed by atoms with Gasteiger partial charge < -0.3 is 15.1 Å². The molecule has 0 saturated carbocycles. The van der Waals surface area contributed by atoms with Crippen LogP contribution in [0.25, 0.3) is 0 Å². The Morgan fingerprint density at radius 3 is 2.78 bits per heavy atom. The zero-order valence-electron chi connectivity index (χ0n) is 15.9. The Labute approximate surface area is 164 Å². The van der Waals surface area contributed by atoms with Crippen molar-refractivity contribution in [1.29, 1.82) is 0 Å². The summed E-state index contributed by atoms with van der Waals surface area (Å²) in [6, 6.07) is 8.16. The SMILES string of the molecule is CCc1nn(C)cc1CN=C(NCCc1ccco1)NCCc1cccs1. The molecule has 0 unspecified atom stereocenters. The first kappa shape index (κ1) is 19.2. The highest BCUT2D eigenvalue weighted by molar-refractivity contribution is 7.09. The van der Waals surface area contributed by atoms with Gasteiger partial charge in [-0.3, -0.25) is 4.68 Å². The summed E-state index contributed by atoms with van der Waals surface area (Å²) in [6.07, 6.45) is 6.49. The van der Waals surface area contributed by atoms with Gasteiger partial charge in [-0.05, 0) is 36.4 Å². The second-order valence-electron chi connectivity index (χ2n) is 6.31. The Morgan fingerprint density at radius 2 is 2.07 bits per heavy atom. The van der Waals surface area contributed by atoms with Crippen LogP contribution in [-0.4, -0.2) is 28.8 Å². The Hall–Kier alpha value is -2.54. The maximum Gasteiger partial charge on any atom is 0.191 e. The molecule has 0 saturated heterocycles. The summed E-state index contributed by atoms with van der Waals surface area (Å²) in [5.74, 6) is 1.80. The molecule has 144 valence electrons. The largest absolute Gasteiger partial charge is 0.469 e. The average Bonchev–Trinajstić information content (AvgIpc) is 3.41. The summed E-state index contributed by atoms with van der Waals surface area (Å²) < 4.78 is 7.26. The van der Waals surface area contributed by atoms with Gasteiger partial charge in [0.2, 0.25) is 0 Å². The lowest BCUT2D eigenvalue weighted by Gasteiger charge is -2.12. The van der Waals surface area contributed by atoms with E-state index in [1.165, 1.54) is 10.4 Å². The first-order chi connectivity index (χ1) is 13.2. The maximum atomic E-state index is 5.40. The highest BCUT2D eigenvalue weighted by Gasteiger charge is 2.06. The second kappa shape index (κ2) is 9.97. The molecule has 0 amide bonds. The van der Waals surface area contributed by atoms with E-state index in [9.17, 15) is 0 Å². The Kier molecular flexibility index (Phi) is 7.10. The molecule has 0 spiro atoms. The molecule has 6 nitrogen and oxygen atoms in total. The standard InChI is InChI=1S/C20H27N5OS/c1-3-19-16(15-25(2)24-19)14-23-20(21-10-8-17-6-4-12-26-17)22-11-9-18-7-5-13-27-18/h4-7,12-13,15H,3,8-11,14H2,1-2H3,(H2,21,22,23). The molecule has 0 atom stereocenters. The van der Waals surface area contributed by atoms with Gasteiger partial charge >= 0.3 is 0 Å². The summed E-state index contributed by atoms with van der Waals surface area (Å²) in [4.78, 5) is 6.14. The molecule has 0 fully saturated rings. The van der Waals surface area contributed by atoms with E-state index in [1.807, 2.05) is 23.9 Å². The van der Waals surface area contributed by atoms with E-state index in [1.54, 1.807) is 17.6 Å². The number of guanidine groups is 1. The molecule has 3 aromatic rings. The monoisotopic (exact) mass is 385 g/mol. The van der Waals surface area contributed by atoms with E-state index in [0.29, 0.717) is 6.54 Å². The Morgan fingerprint density at radius 1 is 1.22 bits per heavy atom. The topological polar surface area (TPSA) is 67.4 Å². The normalized spacial score (nSPS) is 11.7. The van der Waals surface area contributed by atoms with Crippen LogP contribution in [0.3, 0.4) is 0 Å². The van der Waals surface area contributed by atoms with Gasteiger partial charge in [-0.1, -0.05) is 13.0 Å². The number of nitrogens with zero attached hydrogens (tertiary/aromatic N) is 3. The molecule has 3 aromatic heterocycles. The second-order valence-corrected chi connectivity index (χ2v) is 7.34. The molecular formula is C20H27N5OS. The fourth-order valence-electron chi connectivity index (χ4n) is 2.87.